The van der Waals surface area contributed by atoms with Crippen molar-refractivity contribution in [3.8, 4) is 0 Å². The van der Waals surface area contributed by atoms with E-state index in [9.17, 15) is 35.2 Å². The summed E-state index contributed by atoms with van der Waals surface area (Å²) in [5.74, 6) is -5.25. The molecule has 4 aromatic carbocycles. The van der Waals surface area contributed by atoms with Crippen molar-refractivity contribution >= 4 is 32.0 Å². The number of methoxy groups -OCH3 is 2. The largest absolute Gasteiger partial charge is 0.469 e. The van der Waals surface area contributed by atoms with Gasteiger partial charge in [0.05, 0.1) is 39.8 Å². The van der Waals surface area contributed by atoms with Gasteiger partial charge in [-0.2, -0.15) is 8.61 Å². The van der Waals surface area contributed by atoms with Crippen LogP contribution in [0.4, 0.5) is 17.6 Å². The average Bonchev–Trinajstić information content (AvgIpc) is 3.23. The molecule has 11 nitrogen and oxygen atoms in total. The molecule has 0 radical (unpaired) electrons. The van der Waals surface area contributed by atoms with Gasteiger partial charge in [0.1, 0.15) is 33.8 Å². The maximum atomic E-state index is 15.2. The Labute approximate surface area is 366 Å². The van der Waals surface area contributed by atoms with Crippen molar-refractivity contribution in [1.29, 1.82) is 0 Å². The second-order valence-corrected chi connectivity index (χ2v) is 20.4. The van der Waals surface area contributed by atoms with Crippen LogP contribution < -0.4 is 0 Å². The summed E-state index contributed by atoms with van der Waals surface area (Å²) in [4.78, 5) is 23.7. The number of halogens is 4. The second kappa shape index (κ2) is 20.4. The number of benzene rings is 4. The van der Waals surface area contributed by atoms with E-state index in [0.717, 1.165) is 31.4 Å². The molecule has 340 valence electrons. The number of sulfonamides is 2. The first-order chi connectivity index (χ1) is 30.0. The van der Waals surface area contributed by atoms with Crippen LogP contribution in [0.5, 0.6) is 0 Å². The van der Waals surface area contributed by atoms with Gasteiger partial charge in [0.15, 0.2) is 0 Å². The highest BCUT2D eigenvalue weighted by Gasteiger charge is 2.42. The number of hydrogen-bond donors (Lipinski definition) is 0. The molecular formula is C46H52F4N2O9S2. The highest BCUT2D eigenvalue weighted by molar-refractivity contribution is 7.89. The topological polar surface area (TPSA) is 137 Å². The molecular weight excluding hydrogens is 865 g/mol. The third kappa shape index (κ3) is 10.8. The molecule has 3 aliphatic rings. The summed E-state index contributed by atoms with van der Waals surface area (Å²) in [5.41, 5.74) is 1.01. The summed E-state index contributed by atoms with van der Waals surface area (Å²) in [6, 6.07) is 21.0. The molecule has 0 amide bonds. The Kier molecular flexibility index (Phi) is 15.5. The van der Waals surface area contributed by atoms with Gasteiger partial charge in [-0.3, -0.25) is 9.59 Å². The van der Waals surface area contributed by atoms with E-state index in [2.05, 4.69) is 4.74 Å². The number of hydrogen-bond acceptors (Lipinski definition) is 9. The second-order valence-electron chi connectivity index (χ2n) is 16.3. The molecule has 5 atom stereocenters. The summed E-state index contributed by atoms with van der Waals surface area (Å²) >= 11 is 0. The highest BCUT2D eigenvalue weighted by atomic mass is 32.2. The van der Waals surface area contributed by atoms with Gasteiger partial charge in [-0.1, -0.05) is 60.7 Å². The average molecular weight is 917 g/mol. The van der Waals surface area contributed by atoms with Crippen LogP contribution in [0.25, 0.3) is 0 Å². The van der Waals surface area contributed by atoms with Crippen LogP contribution in [0.1, 0.15) is 95.8 Å². The Hall–Kier alpha value is -4.68. The fraction of sp³-hybridized carbons (Fsp3) is 0.435. The van der Waals surface area contributed by atoms with Crippen LogP contribution in [0.2, 0.25) is 0 Å². The van der Waals surface area contributed by atoms with E-state index in [4.69, 9.17) is 9.47 Å². The number of esters is 2. The number of nitrogens with zero attached hydrogens (tertiary/aromatic N) is 2. The Morgan fingerprint density at radius 2 is 1.10 bits per heavy atom. The molecule has 0 spiro atoms. The monoisotopic (exact) mass is 916 g/mol. The zero-order chi connectivity index (χ0) is 45.6. The summed E-state index contributed by atoms with van der Waals surface area (Å²) in [6.07, 6.45) is 2.05. The van der Waals surface area contributed by atoms with Crippen LogP contribution in [-0.2, 0) is 63.4 Å². The van der Waals surface area contributed by atoms with Crippen molar-refractivity contribution in [2.45, 2.75) is 94.0 Å². The third-order valence-corrected chi connectivity index (χ3v) is 16.9. The minimum atomic E-state index is -3.79. The van der Waals surface area contributed by atoms with Crippen LogP contribution in [0, 0.1) is 29.2 Å². The van der Waals surface area contributed by atoms with Crippen molar-refractivity contribution in [2.75, 3.05) is 27.4 Å². The van der Waals surface area contributed by atoms with Gasteiger partial charge in [0.25, 0.3) is 0 Å². The molecule has 0 aromatic heterocycles. The van der Waals surface area contributed by atoms with Crippen LogP contribution >= 0.6 is 0 Å². The Balaban J connectivity index is 0.000000213. The Bertz CT molecular complexity index is 2480. The normalized spacial score (nSPS) is 22.8. The molecule has 0 N–H and O–H groups in total. The maximum absolute atomic E-state index is 15.2. The Morgan fingerprint density at radius 1 is 0.651 bits per heavy atom. The molecule has 3 aliphatic heterocycles. The summed E-state index contributed by atoms with van der Waals surface area (Å²) < 4.78 is 130. The zero-order valence-electron chi connectivity index (χ0n) is 35.5. The molecule has 4 aromatic rings. The van der Waals surface area contributed by atoms with E-state index in [1.165, 1.54) is 15.7 Å². The summed E-state index contributed by atoms with van der Waals surface area (Å²) in [6.45, 7) is 3.91. The first-order valence-electron chi connectivity index (χ1n) is 20.7. The van der Waals surface area contributed by atoms with E-state index < -0.39 is 78.1 Å². The fourth-order valence-electron chi connectivity index (χ4n) is 8.39. The lowest BCUT2D eigenvalue weighted by Gasteiger charge is -2.37. The predicted molar refractivity (Wildman–Crippen MR) is 227 cm³/mol. The molecule has 3 saturated heterocycles. The van der Waals surface area contributed by atoms with Crippen molar-refractivity contribution in [1.82, 2.24) is 8.61 Å². The van der Waals surface area contributed by atoms with E-state index >= 15 is 8.78 Å². The van der Waals surface area contributed by atoms with Crippen LogP contribution in [-0.4, -0.2) is 76.9 Å². The maximum Gasteiger partial charge on any atom is 0.313 e. The highest BCUT2D eigenvalue weighted by Crippen LogP contribution is 2.40. The van der Waals surface area contributed by atoms with Crippen LogP contribution in [0.15, 0.2) is 84.9 Å². The fourth-order valence-corrected chi connectivity index (χ4v) is 12.8. The molecule has 1 unspecified atom stereocenters. The van der Waals surface area contributed by atoms with Crippen LogP contribution in [0.3, 0.4) is 0 Å². The van der Waals surface area contributed by atoms with Gasteiger partial charge in [-0.05, 0) is 81.3 Å². The third-order valence-electron chi connectivity index (χ3n) is 12.1. The van der Waals surface area contributed by atoms with Gasteiger partial charge >= 0.3 is 11.9 Å². The van der Waals surface area contributed by atoms with E-state index in [0.29, 0.717) is 56.4 Å². The van der Waals surface area contributed by atoms with E-state index in [-0.39, 0.29) is 53.3 Å². The molecule has 63 heavy (non-hydrogen) atoms. The van der Waals surface area contributed by atoms with Crippen molar-refractivity contribution in [3.63, 3.8) is 0 Å². The lowest BCUT2D eigenvalue weighted by atomic mass is 9.87. The summed E-state index contributed by atoms with van der Waals surface area (Å²) in [5, 5.41) is -1.45. The van der Waals surface area contributed by atoms with Crippen molar-refractivity contribution in [2.24, 2.45) is 5.92 Å². The minimum Gasteiger partial charge on any atom is -0.469 e. The van der Waals surface area contributed by atoms with Gasteiger partial charge in [0.2, 0.25) is 20.0 Å². The molecule has 17 heteroatoms. The van der Waals surface area contributed by atoms with Gasteiger partial charge in [0, 0.05) is 53.3 Å². The molecule has 0 bridgehead atoms. The number of carbonyl (C=O) groups excluding carboxylic acids is 2. The first-order valence-corrected chi connectivity index (χ1v) is 23.7. The zero-order valence-corrected chi connectivity index (χ0v) is 37.1. The van der Waals surface area contributed by atoms with Crippen molar-refractivity contribution in [3.05, 3.63) is 142 Å². The number of carbonyl (C=O) groups is 2. The molecule has 7 rings (SSSR count). The standard InChI is InChI=1S/C25H29F2NO5S.C21H23F2NO4S/c1-16-8-9-24(18-6-4-3-5-7-18)34(30,31)28(16)13-19-11-23(27)20(12-22(19)26)21(25(29)32-2)10-17-14-33-15-17;1-14-8-9-20(15-6-4-3-5-7-15)29(26,27)24(14)13-17-11-18(22)16(10-19(17)23)12-21(25)28-2/h3-7,11-12,16-17,21,24H,8-10,13-15H2,1-2H3;3-7,10-11,14,20H,8-9,12-13H2,1-2H3/t16-,21?,24+;14-,20+/m00/s1. The van der Waals surface area contributed by atoms with Gasteiger partial charge in [-0.15, -0.1) is 0 Å². The predicted octanol–water partition coefficient (Wildman–Crippen LogP) is 8.05. The molecule has 0 aliphatic carbocycles. The summed E-state index contributed by atoms with van der Waals surface area (Å²) in [7, 11) is -5.18. The first kappa shape index (κ1) is 47.8. The minimum absolute atomic E-state index is 0.0685. The van der Waals surface area contributed by atoms with E-state index in [1.54, 1.807) is 62.4 Å². The van der Waals surface area contributed by atoms with E-state index in [1.807, 2.05) is 12.1 Å². The molecule has 3 fully saturated rings. The lowest BCUT2D eigenvalue weighted by Crippen LogP contribution is -2.44. The van der Waals surface area contributed by atoms with Gasteiger partial charge in [-0.25, -0.2) is 34.4 Å². The smallest absolute Gasteiger partial charge is 0.313 e. The molecule has 0 saturated carbocycles. The SMILES string of the molecule is COC(=O)C(CC1COC1)c1cc(F)c(CN2[C@@H](C)CC[C@H](c3ccccc3)S2(=O)=O)cc1F.COC(=O)Cc1cc(F)c(CN2[C@@H](C)CC[C@H](c3ccccc3)S2(=O)=O)cc1F. The van der Waals surface area contributed by atoms with Gasteiger partial charge < -0.3 is 14.2 Å². The number of rotatable bonds is 12. The lowest BCUT2D eigenvalue weighted by molar-refractivity contribution is -0.144. The van der Waals surface area contributed by atoms with Crippen molar-refractivity contribution < 1.29 is 58.2 Å². The molecule has 3 heterocycles. The quantitative estimate of drug-likeness (QED) is 0.102. The Morgan fingerprint density at radius 3 is 1.54 bits per heavy atom. The number of ether oxygens (including phenoxy) is 3.